The van der Waals surface area contributed by atoms with Crippen LogP contribution in [0.25, 0.3) is 0 Å². The summed E-state index contributed by atoms with van der Waals surface area (Å²) in [6, 6.07) is 1.06. The van der Waals surface area contributed by atoms with E-state index in [0.29, 0.717) is 0 Å². The fraction of sp³-hybridized carbons (Fsp3) is 0.167. The largest absolute Gasteiger partial charge is 0.768 e. The molecule has 0 aliphatic carbocycles. The van der Waals surface area contributed by atoms with E-state index in [0.717, 1.165) is 12.3 Å². The minimum absolute atomic E-state index is 0.322. The van der Waals surface area contributed by atoms with Crippen molar-refractivity contribution in [3.8, 4) is 5.88 Å². The molecule has 0 aliphatic rings. The second-order valence-electron chi connectivity index (χ2n) is 1.87. The Kier molecular flexibility index (Phi) is 2.72. The van der Waals surface area contributed by atoms with Gasteiger partial charge in [-0.2, -0.15) is 4.39 Å². The fourth-order valence-corrected chi connectivity index (χ4v) is 1.08. The van der Waals surface area contributed by atoms with E-state index in [4.69, 9.17) is 0 Å². The average molecular weight is 190 g/mol. The van der Waals surface area contributed by atoms with Crippen molar-refractivity contribution < 1.29 is 17.9 Å². The van der Waals surface area contributed by atoms with Crippen LogP contribution in [0.1, 0.15) is 0 Å². The number of ether oxygens (including phenoxy) is 1. The highest BCUT2D eigenvalue weighted by Crippen LogP contribution is 2.18. The molecule has 0 fully saturated rings. The SMILES string of the molecule is COc1nccc(S(=O)[O-])c1F. The standard InChI is InChI=1S/C6H6FNO3S/c1-11-6-5(7)4(12(9)10)2-3-8-6/h2-3H,1H3,(H,9,10)/p-1. The molecule has 1 rings (SSSR count). The molecule has 1 aromatic heterocycles. The van der Waals surface area contributed by atoms with Gasteiger partial charge >= 0.3 is 0 Å². The zero-order chi connectivity index (χ0) is 9.14. The number of rotatable bonds is 2. The Bertz CT molecular complexity index is 318. The molecule has 1 heterocycles. The summed E-state index contributed by atoms with van der Waals surface area (Å²) in [6.45, 7) is 0. The van der Waals surface area contributed by atoms with Crippen LogP contribution in [0, 0.1) is 5.82 Å². The Morgan fingerprint density at radius 2 is 2.42 bits per heavy atom. The second kappa shape index (κ2) is 3.59. The minimum Gasteiger partial charge on any atom is -0.768 e. The molecular weight excluding hydrogens is 185 g/mol. The maximum atomic E-state index is 12.9. The van der Waals surface area contributed by atoms with Gasteiger partial charge in [0.25, 0.3) is 5.88 Å². The summed E-state index contributed by atoms with van der Waals surface area (Å²) in [6.07, 6.45) is 1.16. The number of aromatic nitrogens is 1. The van der Waals surface area contributed by atoms with E-state index in [-0.39, 0.29) is 5.88 Å². The van der Waals surface area contributed by atoms with Crippen molar-refractivity contribution in [2.24, 2.45) is 0 Å². The lowest BCUT2D eigenvalue weighted by molar-refractivity contribution is 0.362. The van der Waals surface area contributed by atoms with Crippen LogP contribution in [-0.4, -0.2) is 20.9 Å². The van der Waals surface area contributed by atoms with Crippen LogP contribution >= 0.6 is 0 Å². The zero-order valence-electron chi connectivity index (χ0n) is 6.11. The number of halogens is 1. The van der Waals surface area contributed by atoms with Crippen LogP contribution in [0.4, 0.5) is 4.39 Å². The second-order valence-corrected chi connectivity index (χ2v) is 2.78. The van der Waals surface area contributed by atoms with Crippen molar-refractivity contribution in [2.75, 3.05) is 7.11 Å². The van der Waals surface area contributed by atoms with E-state index < -0.39 is 21.8 Å². The highest BCUT2D eigenvalue weighted by atomic mass is 32.2. The summed E-state index contributed by atoms with van der Waals surface area (Å²) in [4.78, 5) is 3.03. The average Bonchev–Trinajstić information content (AvgIpc) is 2.04. The molecule has 66 valence electrons. The van der Waals surface area contributed by atoms with Gasteiger partial charge in [-0.15, -0.1) is 0 Å². The van der Waals surface area contributed by atoms with E-state index >= 15 is 0 Å². The van der Waals surface area contributed by atoms with Crippen molar-refractivity contribution >= 4 is 11.1 Å². The molecule has 1 unspecified atom stereocenters. The summed E-state index contributed by atoms with van der Waals surface area (Å²) in [5.74, 6) is -1.29. The summed E-state index contributed by atoms with van der Waals surface area (Å²) < 4.78 is 38.2. The molecule has 0 saturated heterocycles. The van der Waals surface area contributed by atoms with E-state index in [1.165, 1.54) is 7.11 Å². The molecule has 0 saturated carbocycles. The maximum Gasteiger partial charge on any atom is 0.251 e. The van der Waals surface area contributed by atoms with Crippen LogP contribution in [0.15, 0.2) is 17.2 Å². The molecular formula is C6H5FNO3S-. The smallest absolute Gasteiger partial charge is 0.251 e. The van der Waals surface area contributed by atoms with Gasteiger partial charge in [0.05, 0.1) is 12.0 Å². The van der Waals surface area contributed by atoms with Gasteiger partial charge in [0.2, 0.25) is 0 Å². The number of methoxy groups -OCH3 is 1. The van der Waals surface area contributed by atoms with E-state index in [9.17, 15) is 13.2 Å². The molecule has 0 radical (unpaired) electrons. The van der Waals surface area contributed by atoms with Crippen molar-refractivity contribution in [2.45, 2.75) is 4.90 Å². The van der Waals surface area contributed by atoms with Gasteiger partial charge in [0.15, 0.2) is 5.82 Å². The first kappa shape index (κ1) is 9.08. The van der Waals surface area contributed by atoms with Crippen LogP contribution in [0.5, 0.6) is 5.88 Å². The Hall–Kier alpha value is -1.01. The molecule has 6 heteroatoms. The van der Waals surface area contributed by atoms with Crippen LogP contribution in [0.3, 0.4) is 0 Å². The summed E-state index contributed by atoms with van der Waals surface area (Å²) in [7, 11) is 1.21. The monoisotopic (exact) mass is 190 g/mol. The molecule has 0 aliphatic heterocycles. The van der Waals surface area contributed by atoms with Crippen LogP contribution in [0.2, 0.25) is 0 Å². The highest BCUT2D eigenvalue weighted by molar-refractivity contribution is 7.79. The number of pyridine rings is 1. The molecule has 0 aromatic carbocycles. The zero-order valence-corrected chi connectivity index (χ0v) is 6.93. The first-order chi connectivity index (χ1) is 5.66. The topological polar surface area (TPSA) is 62.2 Å². The lowest BCUT2D eigenvalue weighted by Gasteiger charge is -2.07. The summed E-state index contributed by atoms with van der Waals surface area (Å²) >= 11 is -2.60. The third-order valence-corrected chi connectivity index (χ3v) is 1.87. The van der Waals surface area contributed by atoms with Gasteiger partial charge in [-0.25, -0.2) is 4.98 Å². The fourth-order valence-electron chi connectivity index (χ4n) is 0.679. The Labute approximate surface area is 70.7 Å². The first-order valence-corrected chi connectivity index (χ1v) is 4.02. The van der Waals surface area contributed by atoms with E-state index in [1.54, 1.807) is 0 Å². The first-order valence-electron chi connectivity index (χ1n) is 2.94. The normalized spacial score (nSPS) is 12.6. The van der Waals surface area contributed by atoms with Gasteiger partial charge in [-0.05, 0) is 17.1 Å². The lowest BCUT2D eigenvalue weighted by atomic mass is 10.4. The van der Waals surface area contributed by atoms with E-state index in [1.807, 2.05) is 0 Å². The van der Waals surface area contributed by atoms with Crippen molar-refractivity contribution in [1.82, 2.24) is 4.98 Å². The Morgan fingerprint density at radius 1 is 1.75 bits per heavy atom. The molecule has 1 aromatic rings. The maximum absolute atomic E-state index is 12.9. The Balaban J connectivity index is 3.23. The van der Waals surface area contributed by atoms with Crippen LogP contribution < -0.4 is 4.74 Å². The highest BCUT2D eigenvalue weighted by Gasteiger charge is 2.09. The number of nitrogens with zero attached hydrogens (tertiary/aromatic N) is 1. The Morgan fingerprint density at radius 3 is 2.92 bits per heavy atom. The van der Waals surface area contributed by atoms with Gasteiger partial charge in [-0.1, -0.05) is 0 Å². The van der Waals surface area contributed by atoms with Gasteiger partial charge in [0.1, 0.15) is 0 Å². The molecule has 0 bridgehead atoms. The molecule has 1 atom stereocenters. The molecule has 0 spiro atoms. The van der Waals surface area contributed by atoms with Gasteiger partial charge in [-0.3, -0.25) is 4.21 Å². The van der Waals surface area contributed by atoms with Crippen LogP contribution in [-0.2, 0) is 11.1 Å². The summed E-state index contributed by atoms with van der Waals surface area (Å²) in [5, 5.41) is 0. The van der Waals surface area contributed by atoms with E-state index in [2.05, 4.69) is 9.72 Å². The summed E-state index contributed by atoms with van der Waals surface area (Å²) in [5.41, 5.74) is 0. The molecule has 4 nitrogen and oxygen atoms in total. The van der Waals surface area contributed by atoms with Crippen molar-refractivity contribution in [3.05, 3.63) is 18.1 Å². The molecule has 12 heavy (non-hydrogen) atoms. The van der Waals surface area contributed by atoms with Gasteiger partial charge in [0, 0.05) is 6.20 Å². The van der Waals surface area contributed by atoms with Gasteiger partial charge < -0.3 is 9.29 Å². The number of hydrogen-bond acceptors (Lipinski definition) is 4. The lowest BCUT2D eigenvalue weighted by Crippen LogP contribution is -1.98. The third kappa shape index (κ3) is 1.59. The van der Waals surface area contributed by atoms with Crippen molar-refractivity contribution in [3.63, 3.8) is 0 Å². The third-order valence-electron chi connectivity index (χ3n) is 1.19. The quantitative estimate of drug-likeness (QED) is 0.636. The predicted molar refractivity (Wildman–Crippen MR) is 37.9 cm³/mol. The van der Waals surface area contributed by atoms with Crippen molar-refractivity contribution in [1.29, 1.82) is 0 Å². The molecule has 0 amide bonds. The number of hydrogen-bond donors (Lipinski definition) is 0. The molecule has 0 N–H and O–H groups in total. The minimum atomic E-state index is -2.60. The predicted octanol–water partition coefficient (Wildman–Crippen LogP) is 0.467.